The summed E-state index contributed by atoms with van der Waals surface area (Å²) in [7, 11) is 0. The second-order valence-corrected chi connectivity index (χ2v) is 6.10. The second kappa shape index (κ2) is 6.22. The summed E-state index contributed by atoms with van der Waals surface area (Å²) in [4.78, 5) is 9.08. The maximum absolute atomic E-state index is 4.63. The van der Waals surface area contributed by atoms with Gasteiger partial charge in [0.25, 0.3) is 0 Å². The van der Waals surface area contributed by atoms with Crippen LogP contribution in [0.3, 0.4) is 0 Å². The van der Waals surface area contributed by atoms with Crippen molar-refractivity contribution in [1.29, 1.82) is 0 Å². The first-order valence-electron chi connectivity index (χ1n) is 7.32. The Labute approximate surface area is 138 Å². The van der Waals surface area contributed by atoms with Gasteiger partial charge < -0.3 is 0 Å². The van der Waals surface area contributed by atoms with Crippen LogP contribution in [0.15, 0.2) is 78.2 Å². The predicted molar refractivity (Wildman–Crippen MR) is 92.7 cm³/mol. The molecular formula is C18H14N4S. The molecule has 0 unspecified atom stereocenters. The molecule has 2 aromatic heterocycles. The quantitative estimate of drug-likeness (QED) is 0.531. The SMILES string of the molecule is c1ccc2nc(SCc3ccc(-n4cccn4)cc3)cnc2c1. The summed E-state index contributed by atoms with van der Waals surface area (Å²) in [6, 6.07) is 18.3. The van der Waals surface area contributed by atoms with Crippen LogP contribution >= 0.6 is 11.8 Å². The number of hydrogen-bond donors (Lipinski definition) is 0. The Morgan fingerprint density at radius 2 is 1.74 bits per heavy atom. The number of nitrogens with zero attached hydrogens (tertiary/aromatic N) is 4. The van der Waals surface area contributed by atoms with Crippen LogP contribution < -0.4 is 0 Å². The first kappa shape index (κ1) is 14.0. The van der Waals surface area contributed by atoms with E-state index in [1.54, 1.807) is 18.0 Å². The first-order chi connectivity index (χ1) is 11.4. The van der Waals surface area contributed by atoms with Gasteiger partial charge >= 0.3 is 0 Å². The summed E-state index contributed by atoms with van der Waals surface area (Å²) in [6.07, 6.45) is 5.56. The smallest absolute Gasteiger partial charge is 0.115 e. The maximum atomic E-state index is 4.63. The molecule has 0 N–H and O–H groups in total. The van der Waals surface area contributed by atoms with Crippen LogP contribution in [0.1, 0.15) is 5.56 Å². The van der Waals surface area contributed by atoms with Gasteiger partial charge in [-0.1, -0.05) is 24.3 Å². The van der Waals surface area contributed by atoms with Crippen LogP contribution in [0.2, 0.25) is 0 Å². The van der Waals surface area contributed by atoms with E-state index in [4.69, 9.17) is 0 Å². The number of fused-ring (bicyclic) bond motifs is 1. The molecule has 0 atom stereocenters. The molecule has 0 aliphatic heterocycles. The highest BCUT2D eigenvalue weighted by Gasteiger charge is 2.02. The topological polar surface area (TPSA) is 43.6 Å². The number of para-hydroxylation sites is 2. The van der Waals surface area contributed by atoms with Gasteiger partial charge in [0.1, 0.15) is 5.03 Å². The Morgan fingerprint density at radius 1 is 0.913 bits per heavy atom. The minimum Gasteiger partial charge on any atom is -0.252 e. The van der Waals surface area contributed by atoms with Crippen molar-refractivity contribution in [2.45, 2.75) is 10.8 Å². The van der Waals surface area contributed by atoms with Gasteiger partial charge in [0.05, 0.1) is 22.9 Å². The maximum Gasteiger partial charge on any atom is 0.115 e. The minimum atomic E-state index is 0.867. The van der Waals surface area contributed by atoms with E-state index in [2.05, 4.69) is 39.3 Å². The highest BCUT2D eigenvalue weighted by Crippen LogP contribution is 2.22. The fourth-order valence-corrected chi connectivity index (χ4v) is 3.13. The van der Waals surface area contributed by atoms with E-state index in [1.165, 1.54) is 5.56 Å². The molecule has 4 aromatic rings. The molecule has 112 valence electrons. The zero-order valence-electron chi connectivity index (χ0n) is 12.3. The molecule has 0 aliphatic rings. The van der Waals surface area contributed by atoms with Gasteiger partial charge in [0.2, 0.25) is 0 Å². The lowest BCUT2D eigenvalue weighted by Gasteiger charge is -2.05. The van der Waals surface area contributed by atoms with E-state index < -0.39 is 0 Å². The third-order valence-corrected chi connectivity index (χ3v) is 4.49. The molecule has 0 radical (unpaired) electrons. The van der Waals surface area contributed by atoms with Crippen molar-refractivity contribution in [3.05, 3.63) is 78.8 Å². The average molecular weight is 318 g/mol. The standard InChI is InChI=1S/C18H14N4S/c1-2-5-17-16(4-1)19-12-18(21-17)23-13-14-6-8-15(9-7-14)22-11-3-10-20-22/h1-12H,13H2. The molecule has 0 saturated heterocycles. The second-order valence-electron chi connectivity index (χ2n) is 5.10. The zero-order chi connectivity index (χ0) is 15.5. The molecule has 0 saturated carbocycles. The molecular weight excluding hydrogens is 304 g/mol. The summed E-state index contributed by atoms with van der Waals surface area (Å²) >= 11 is 1.70. The Bertz CT molecular complexity index is 917. The lowest BCUT2D eigenvalue weighted by Crippen LogP contribution is -1.94. The van der Waals surface area contributed by atoms with Crippen LogP contribution in [0.4, 0.5) is 0 Å². The number of benzene rings is 2. The molecule has 0 spiro atoms. The summed E-state index contributed by atoms with van der Waals surface area (Å²) in [5.41, 5.74) is 4.18. The van der Waals surface area contributed by atoms with E-state index in [1.807, 2.05) is 47.4 Å². The number of aromatic nitrogens is 4. The van der Waals surface area contributed by atoms with Crippen LogP contribution in [0.5, 0.6) is 0 Å². The van der Waals surface area contributed by atoms with Crippen molar-refractivity contribution >= 4 is 22.8 Å². The summed E-state index contributed by atoms with van der Waals surface area (Å²) in [5, 5.41) is 5.18. The lowest BCUT2D eigenvalue weighted by molar-refractivity contribution is 0.880. The first-order valence-corrected chi connectivity index (χ1v) is 8.31. The molecule has 0 bridgehead atoms. The summed E-state index contributed by atoms with van der Waals surface area (Å²) in [6.45, 7) is 0. The lowest BCUT2D eigenvalue weighted by atomic mass is 10.2. The summed E-state index contributed by atoms with van der Waals surface area (Å²) < 4.78 is 1.85. The molecule has 0 amide bonds. The predicted octanol–water partition coefficient (Wildman–Crippen LogP) is 4.11. The zero-order valence-corrected chi connectivity index (χ0v) is 13.1. The number of hydrogen-bond acceptors (Lipinski definition) is 4. The van der Waals surface area contributed by atoms with Gasteiger partial charge in [0.15, 0.2) is 0 Å². The molecule has 2 aromatic carbocycles. The summed E-state index contributed by atoms with van der Waals surface area (Å²) in [5.74, 6) is 0.867. The number of rotatable bonds is 4. The van der Waals surface area contributed by atoms with E-state index in [0.717, 1.165) is 27.5 Å². The normalized spacial score (nSPS) is 11.0. The molecule has 4 nitrogen and oxygen atoms in total. The fourth-order valence-electron chi connectivity index (χ4n) is 2.33. The highest BCUT2D eigenvalue weighted by molar-refractivity contribution is 7.98. The molecule has 0 fully saturated rings. The van der Waals surface area contributed by atoms with Gasteiger partial charge in [-0.05, 0) is 35.9 Å². The van der Waals surface area contributed by atoms with Gasteiger partial charge in [-0.15, -0.1) is 11.8 Å². The van der Waals surface area contributed by atoms with E-state index in [0.29, 0.717) is 0 Å². The van der Waals surface area contributed by atoms with Crippen molar-refractivity contribution in [1.82, 2.24) is 19.7 Å². The van der Waals surface area contributed by atoms with Crippen LogP contribution in [0, 0.1) is 0 Å². The molecule has 4 rings (SSSR count). The number of thioether (sulfide) groups is 1. The fraction of sp³-hybridized carbons (Fsp3) is 0.0556. The van der Waals surface area contributed by atoms with Crippen LogP contribution in [0.25, 0.3) is 16.7 Å². The van der Waals surface area contributed by atoms with Crippen molar-refractivity contribution in [2.75, 3.05) is 0 Å². The minimum absolute atomic E-state index is 0.867. The van der Waals surface area contributed by atoms with Crippen molar-refractivity contribution in [3.8, 4) is 5.69 Å². The van der Waals surface area contributed by atoms with Crippen LogP contribution in [-0.2, 0) is 5.75 Å². The molecule has 0 aliphatic carbocycles. The van der Waals surface area contributed by atoms with E-state index in [-0.39, 0.29) is 0 Å². The average Bonchev–Trinajstić information content (AvgIpc) is 3.15. The molecule has 5 heteroatoms. The Kier molecular flexibility index (Phi) is 3.78. The Hall–Kier alpha value is -2.66. The Balaban J connectivity index is 1.47. The van der Waals surface area contributed by atoms with E-state index in [9.17, 15) is 0 Å². The van der Waals surface area contributed by atoms with Gasteiger partial charge in [-0.3, -0.25) is 4.98 Å². The molecule has 23 heavy (non-hydrogen) atoms. The largest absolute Gasteiger partial charge is 0.252 e. The van der Waals surface area contributed by atoms with Gasteiger partial charge in [0, 0.05) is 18.1 Å². The third-order valence-electron chi connectivity index (χ3n) is 3.52. The van der Waals surface area contributed by atoms with E-state index >= 15 is 0 Å². The monoisotopic (exact) mass is 318 g/mol. The van der Waals surface area contributed by atoms with Crippen molar-refractivity contribution in [3.63, 3.8) is 0 Å². The third kappa shape index (κ3) is 3.10. The van der Waals surface area contributed by atoms with Crippen molar-refractivity contribution in [2.24, 2.45) is 0 Å². The Morgan fingerprint density at radius 3 is 2.52 bits per heavy atom. The highest BCUT2D eigenvalue weighted by atomic mass is 32.2. The molecule has 2 heterocycles. The van der Waals surface area contributed by atoms with Crippen molar-refractivity contribution < 1.29 is 0 Å². The van der Waals surface area contributed by atoms with Gasteiger partial charge in [-0.25, -0.2) is 9.67 Å². The van der Waals surface area contributed by atoms with Gasteiger partial charge in [-0.2, -0.15) is 5.10 Å². The van der Waals surface area contributed by atoms with Crippen LogP contribution in [-0.4, -0.2) is 19.7 Å².